The van der Waals surface area contributed by atoms with Crippen LogP contribution in [-0.2, 0) is 70.4 Å². The number of phenols is 1. The summed E-state index contributed by atoms with van der Waals surface area (Å²) in [4.78, 5) is 152. The Hall–Kier alpha value is -8.16. The highest BCUT2D eigenvalue weighted by Gasteiger charge is 2.35. The predicted octanol–water partition coefficient (Wildman–Crippen LogP) is -1.88. The van der Waals surface area contributed by atoms with Crippen LogP contribution in [0.2, 0.25) is 0 Å². The van der Waals surface area contributed by atoms with Gasteiger partial charge in [0.15, 0.2) is 0 Å². The smallest absolute Gasteiger partial charge is 0.326 e. The summed E-state index contributed by atoms with van der Waals surface area (Å²) < 4.78 is 0. The Kier molecular flexibility index (Phi) is 25.4. The monoisotopic (exact) mass is 1010 g/mol. The van der Waals surface area contributed by atoms with Gasteiger partial charge >= 0.3 is 29.8 Å². The second kappa shape index (κ2) is 30.4. The number of benzene rings is 2. The zero-order valence-electron chi connectivity index (χ0n) is 39.5. The average molecular weight is 1020 g/mol. The van der Waals surface area contributed by atoms with E-state index in [1.165, 1.54) is 31.2 Å². The fourth-order valence-electron chi connectivity index (χ4n) is 6.72. The predicted molar refractivity (Wildman–Crippen MR) is 249 cm³/mol. The Morgan fingerprint density at radius 1 is 0.486 bits per heavy atom. The van der Waals surface area contributed by atoms with E-state index in [1.807, 2.05) is 0 Å². The molecule has 26 heteroatoms. The van der Waals surface area contributed by atoms with E-state index in [-0.39, 0.29) is 31.4 Å². The SMILES string of the molecule is CC[C@H](C)[C@H](NC(=O)[C@H](CCC(=O)O)NC(=O)[C@H](CCC(=O)O)NC(=O)[C@@H](N)CCC(=O)O)C(=O)N[C@@H](Cc1ccc(O)cc1)C(=O)NCC(=O)N[C@@H](CCC(=O)O)C(=O)N[C@@H](Cc1ccccc1)C(=O)O. The minimum Gasteiger partial charge on any atom is -0.508 e. The molecule has 0 aliphatic carbocycles. The van der Waals surface area contributed by atoms with Gasteiger partial charge in [-0.3, -0.25) is 52.7 Å². The van der Waals surface area contributed by atoms with E-state index in [4.69, 9.17) is 10.8 Å². The van der Waals surface area contributed by atoms with Gasteiger partial charge < -0.3 is 73.6 Å². The molecule has 0 aliphatic rings. The number of nitrogens with two attached hydrogens (primary N) is 1. The van der Waals surface area contributed by atoms with Gasteiger partial charge in [0.1, 0.15) is 42.0 Å². The van der Waals surface area contributed by atoms with Crippen molar-refractivity contribution < 1.29 is 88.2 Å². The molecule has 0 heterocycles. The molecular weight excluding hydrogens is 953 g/mol. The van der Waals surface area contributed by atoms with E-state index in [1.54, 1.807) is 37.3 Å². The molecule has 15 N–H and O–H groups in total. The Bertz CT molecular complexity index is 2250. The molecule has 2 aromatic rings. The number of aromatic hydroxyl groups is 1. The molecule has 2 aromatic carbocycles. The van der Waals surface area contributed by atoms with Gasteiger partial charge in [-0.15, -0.1) is 0 Å². The minimum absolute atomic E-state index is 0.143. The van der Waals surface area contributed by atoms with E-state index < -0.39 is 171 Å². The van der Waals surface area contributed by atoms with Crippen LogP contribution in [0.5, 0.6) is 5.75 Å². The molecule has 72 heavy (non-hydrogen) atoms. The van der Waals surface area contributed by atoms with Gasteiger partial charge in [-0.05, 0) is 54.9 Å². The number of amides is 7. The van der Waals surface area contributed by atoms with E-state index >= 15 is 0 Å². The summed E-state index contributed by atoms with van der Waals surface area (Å²) in [7, 11) is 0. The first-order valence-electron chi connectivity index (χ1n) is 22.7. The van der Waals surface area contributed by atoms with Crippen LogP contribution in [0.4, 0.5) is 0 Å². The van der Waals surface area contributed by atoms with Crippen molar-refractivity contribution in [3.05, 3.63) is 65.7 Å². The lowest BCUT2D eigenvalue weighted by atomic mass is 9.96. The third kappa shape index (κ3) is 22.5. The summed E-state index contributed by atoms with van der Waals surface area (Å²) in [6.07, 6.45) is -4.72. The number of carboxylic acid groups (broad SMARTS) is 5. The van der Waals surface area contributed by atoms with E-state index in [9.17, 15) is 83.1 Å². The number of carbonyl (C=O) groups excluding carboxylic acids is 7. The molecule has 0 unspecified atom stereocenters. The van der Waals surface area contributed by atoms with Gasteiger partial charge in [0.05, 0.1) is 12.6 Å². The molecule has 0 fully saturated rings. The van der Waals surface area contributed by atoms with Crippen molar-refractivity contribution in [2.45, 2.75) is 127 Å². The number of carboxylic acids is 5. The fraction of sp³-hybridized carbons (Fsp3) is 0.478. The van der Waals surface area contributed by atoms with Crippen LogP contribution in [0.25, 0.3) is 0 Å². The topological polar surface area (TPSA) is 436 Å². The van der Waals surface area contributed by atoms with Gasteiger partial charge in [0.2, 0.25) is 41.4 Å². The highest BCUT2D eigenvalue weighted by Crippen LogP contribution is 2.15. The number of nitrogens with one attached hydrogen (secondary N) is 7. The summed E-state index contributed by atoms with van der Waals surface area (Å²) in [5.74, 6) is -15.0. The summed E-state index contributed by atoms with van der Waals surface area (Å²) >= 11 is 0. The zero-order chi connectivity index (χ0) is 54.1. The standard InChI is InChI=1S/C46H62N8O18/c1-3-24(2)39(54-44(69)31(16-20-38(63)64)51-43(68)30(15-19-37(61)62)50-40(65)28(47)13-17-35(57)58)45(70)52-32(21-26-9-11-27(55)12-10-26)41(66)48-23-34(56)49-29(14-18-36(59)60)42(67)53-33(46(71)72)22-25-7-5-4-6-8-25/h4-12,24,28-33,39,55H,3,13-23,47H2,1-2H3,(H,48,66)(H,49,56)(H,50,65)(H,51,68)(H,52,70)(H,53,67)(H,54,69)(H,57,58)(H,59,60)(H,61,62)(H,63,64)(H,71,72)/t24-,28-,29-,30-,31-,32-,33-,39-/m0/s1. The van der Waals surface area contributed by atoms with Gasteiger partial charge in [-0.1, -0.05) is 62.7 Å². The molecule has 2 rings (SSSR count). The number of hydrogen-bond donors (Lipinski definition) is 14. The van der Waals surface area contributed by atoms with Crippen LogP contribution in [0, 0.1) is 5.92 Å². The maximum Gasteiger partial charge on any atom is 0.326 e. The number of rotatable bonds is 33. The van der Waals surface area contributed by atoms with Crippen LogP contribution in [0.15, 0.2) is 54.6 Å². The maximum absolute atomic E-state index is 14.1. The highest BCUT2D eigenvalue weighted by molar-refractivity contribution is 5.97. The molecule has 0 bridgehead atoms. The molecule has 394 valence electrons. The third-order valence-electron chi connectivity index (χ3n) is 11.0. The zero-order valence-corrected chi connectivity index (χ0v) is 39.5. The van der Waals surface area contributed by atoms with E-state index in [0.29, 0.717) is 11.1 Å². The lowest BCUT2D eigenvalue weighted by Crippen LogP contribution is -2.60. The molecule has 0 aromatic heterocycles. The van der Waals surface area contributed by atoms with Crippen LogP contribution in [0.1, 0.15) is 82.8 Å². The largest absolute Gasteiger partial charge is 0.508 e. The molecule has 0 radical (unpaired) electrons. The summed E-state index contributed by atoms with van der Waals surface area (Å²) in [5, 5.41) is 73.0. The summed E-state index contributed by atoms with van der Waals surface area (Å²) in [6.45, 7) is 2.33. The normalized spacial score (nSPS) is 14.2. The first-order valence-corrected chi connectivity index (χ1v) is 22.7. The van der Waals surface area contributed by atoms with Crippen molar-refractivity contribution in [1.82, 2.24) is 37.2 Å². The van der Waals surface area contributed by atoms with Gasteiger partial charge in [-0.2, -0.15) is 0 Å². The van der Waals surface area contributed by atoms with Crippen LogP contribution in [-0.4, -0.2) is 151 Å². The first kappa shape index (κ1) is 60.0. The molecule has 7 amide bonds. The highest BCUT2D eigenvalue weighted by atomic mass is 16.4. The first-order chi connectivity index (χ1) is 33.9. The number of phenolic OH excluding ortho intramolecular Hbond substituents is 1. The van der Waals surface area contributed by atoms with Gasteiger partial charge in [-0.25, -0.2) is 4.79 Å². The van der Waals surface area contributed by atoms with E-state index in [2.05, 4.69) is 37.2 Å². The Balaban J connectivity index is 2.36. The number of carbonyl (C=O) groups is 12. The van der Waals surface area contributed by atoms with Crippen LogP contribution in [0.3, 0.4) is 0 Å². The second-order valence-corrected chi connectivity index (χ2v) is 16.7. The van der Waals surface area contributed by atoms with Crippen molar-refractivity contribution in [2.75, 3.05) is 6.54 Å². The fourth-order valence-corrected chi connectivity index (χ4v) is 6.72. The number of hydrogen-bond acceptors (Lipinski definition) is 14. The van der Waals surface area contributed by atoms with Gasteiger partial charge in [0, 0.05) is 38.5 Å². The Morgan fingerprint density at radius 2 is 0.903 bits per heavy atom. The molecule has 0 saturated carbocycles. The summed E-state index contributed by atoms with van der Waals surface area (Å²) in [5.41, 5.74) is 6.68. The van der Waals surface area contributed by atoms with Crippen molar-refractivity contribution in [1.29, 1.82) is 0 Å². The molecular formula is C46H62N8O18. The van der Waals surface area contributed by atoms with Crippen molar-refractivity contribution in [2.24, 2.45) is 11.7 Å². The van der Waals surface area contributed by atoms with Crippen molar-refractivity contribution in [3.8, 4) is 5.75 Å². The van der Waals surface area contributed by atoms with Crippen molar-refractivity contribution in [3.63, 3.8) is 0 Å². The molecule has 0 spiro atoms. The van der Waals surface area contributed by atoms with Crippen LogP contribution < -0.4 is 43.0 Å². The second-order valence-electron chi connectivity index (χ2n) is 16.7. The lowest BCUT2D eigenvalue weighted by molar-refractivity contribution is -0.143. The molecule has 8 atom stereocenters. The third-order valence-corrected chi connectivity index (χ3v) is 11.0. The average Bonchev–Trinajstić information content (AvgIpc) is 3.32. The van der Waals surface area contributed by atoms with Crippen molar-refractivity contribution >= 4 is 71.2 Å². The molecule has 0 aliphatic heterocycles. The summed E-state index contributed by atoms with van der Waals surface area (Å²) in [6, 6.07) is 2.73. The van der Waals surface area contributed by atoms with Crippen LogP contribution >= 0.6 is 0 Å². The maximum atomic E-state index is 14.1. The quantitative estimate of drug-likeness (QED) is 0.0372. The van der Waals surface area contributed by atoms with Gasteiger partial charge in [0.25, 0.3) is 0 Å². The molecule has 0 saturated heterocycles. The minimum atomic E-state index is -1.73. The molecule has 26 nitrogen and oxygen atoms in total. The van der Waals surface area contributed by atoms with E-state index in [0.717, 1.165) is 0 Å². The Morgan fingerprint density at radius 3 is 1.39 bits per heavy atom. The lowest BCUT2D eigenvalue weighted by Gasteiger charge is -2.29. The number of aliphatic carboxylic acids is 5. The Labute approximate surface area is 412 Å².